The molecule has 2 aromatic heterocycles. The number of nitrogens with zero attached hydrogens (tertiary/aromatic N) is 4. The first-order valence-corrected chi connectivity index (χ1v) is 7.71. The third-order valence-corrected chi connectivity index (χ3v) is 3.86. The minimum absolute atomic E-state index is 0.134. The van der Waals surface area contributed by atoms with Gasteiger partial charge in [-0.15, -0.1) is 5.10 Å². The topological polar surface area (TPSA) is 43.6 Å². The molecule has 0 fully saturated rings. The lowest BCUT2D eigenvalue weighted by Gasteiger charge is -2.09. The highest BCUT2D eigenvalue weighted by atomic mass is 19.1. The molecule has 4 aromatic rings. The second-order valence-electron chi connectivity index (χ2n) is 5.53. The van der Waals surface area contributed by atoms with Crippen LogP contribution in [0.2, 0.25) is 0 Å². The first-order chi connectivity index (χ1) is 12.6. The van der Waals surface area contributed by atoms with Gasteiger partial charge in [-0.1, -0.05) is 29.5 Å². The van der Waals surface area contributed by atoms with Crippen LogP contribution in [0, 0.1) is 17.5 Å². The average Bonchev–Trinajstić information content (AvgIpc) is 3.14. The predicted octanol–water partition coefficient (Wildman–Crippen LogP) is 4.41. The van der Waals surface area contributed by atoms with Gasteiger partial charge in [0.05, 0.1) is 23.1 Å². The molecule has 2 heterocycles. The Morgan fingerprint density at radius 1 is 0.769 bits per heavy atom. The van der Waals surface area contributed by atoms with Crippen molar-refractivity contribution in [1.29, 1.82) is 0 Å². The molecule has 4 nitrogen and oxygen atoms in total. The number of aromatic nitrogens is 4. The zero-order chi connectivity index (χ0) is 18.1. The molecule has 0 N–H and O–H groups in total. The number of pyridine rings is 1. The van der Waals surface area contributed by atoms with Gasteiger partial charge in [0.2, 0.25) is 0 Å². The normalized spacial score (nSPS) is 10.9. The maximum absolute atomic E-state index is 14.5. The number of rotatable bonds is 3. The molecule has 7 heteroatoms. The first-order valence-electron chi connectivity index (χ1n) is 7.71. The molecular formula is C19H11F3N4. The van der Waals surface area contributed by atoms with Gasteiger partial charge in [-0.2, -0.15) is 0 Å². The summed E-state index contributed by atoms with van der Waals surface area (Å²) in [5.74, 6) is -2.48. The van der Waals surface area contributed by atoms with E-state index in [0.717, 1.165) is 18.2 Å². The molecule has 0 radical (unpaired) electrons. The van der Waals surface area contributed by atoms with E-state index >= 15 is 0 Å². The van der Waals surface area contributed by atoms with E-state index in [-0.39, 0.29) is 11.3 Å². The molecule has 128 valence electrons. The van der Waals surface area contributed by atoms with Gasteiger partial charge < -0.3 is 0 Å². The molecule has 0 saturated carbocycles. The van der Waals surface area contributed by atoms with Gasteiger partial charge in [0.15, 0.2) is 0 Å². The second kappa shape index (κ2) is 6.44. The Balaban J connectivity index is 1.76. The minimum atomic E-state index is -0.889. The predicted molar refractivity (Wildman–Crippen MR) is 89.9 cm³/mol. The molecule has 0 saturated heterocycles. The lowest BCUT2D eigenvalue weighted by atomic mass is 10.0. The van der Waals surface area contributed by atoms with Crippen LogP contribution in [0.1, 0.15) is 0 Å². The van der Waals surface area contributed by atoms with E-state index in [2.05, 4.69) is 15.3 Å². The second-order valence-corrected chi connectivity index (χ2v) is 5.53. The highest BCUT2D eigenvalue weighted by molar-refractivity contribution is 5.67. The Kier molecular flexibility index (Phi) is 3.96. The van der Waals surface area contributed by atoms with E-state index in [0.29, 0.717) is 11.4 Å². The Labute approximate surface area is 146 Å². The van der Waals surface area contributed by atoms with Crippen molar-refractivity contribution in [1.82, 2.24) is 20.0 Å². The number of hydrogen-bond donors (Lipinski definition) is 0. The lowest BCUT2D eigenvalue weighted by molar-refractivity contribution is 0.578. The van der Waals surface area contributed by atoms with Crippen LogP contribution < -0.4 is 0 Å². The number of hydrogen-bond acceptors (Lipinski definition) is 3. The summed E-state index contributed by atoms with van der Waals surface area (Å²) in [4.78, 5) is 4.15. The zero-order valence-electron chi connectivity index (χ0n) is 13.3. The fraction of sp³-hybridized carbons (Fsp3) is 0. The molecule has 0 spiro atoms. The molecule has 0 aliphatic heterocycles. The quantitative estimate of drug-likeness (QED) is 0.548. The SMILES string of the molecule is Fc1ccccc1-c1c(F)cc(-n2cc(-c3ccccn3)nn2)cc1F. The van der Waals surface area contributed by atoms with Crippen molar-refractivity contribution >= 4 is 0 Å². The van der Waals surface area contributed by atoms with Crippen molar-refractivity contribution in [2.45, 2.75) is 0 Å². The van der Waals surface area contributed by atoms with Gasteiger partial charge in [-0.05, 0) is 18.2 Å². The highest BCUT2D eigenvalue weighted by Gasteiger charge is 2.17. The fourth-order valence-corrected chi connectivity index (χ4v) is 2.63. The largest absolute Gasteiger partial charge is 0.254 e. The fourth-order valence-electron chi connectivity index (χ4n) is 2.63. The van der Waals surface area contributed by atoms with E-state index in [1.54, 1.807) is 24.4 Å². The van der Waals surface area contributed by atoms with Crippen LogP contribution in [0.3, 0.4) is 0 Å². The summed E-state index contributed by atoms with van der Waals surface area (Å²) in [6.07, 6.45) is 3.12. The minimum Gasteiger partial charge on any atom is -0.254 e. The summed E-state index contributed by atoms with van der Waals surface area (Å²) in [5, 5.41) is 7.85. The Morgan fingerprint density at radius 2 is 1.50 bits per heavy atom. The number of halogens is 3. The van der Waals surface area contributed by atoms with Crippen LogP contribution in [0.4, 0.5) is 13.2 Å². The van der Waals surface area contributed by atoms with Gasteiger partial charge >= 0.3 is 0 Å². The molecule has 26 heavy (non-hydrogen) atoms. The van der Waals surface area contributed by atoms with E-state index in [9.17, 15) is 13.2 Å². The van der Waals surface area contributed by atoms with Crippen LogP contribution in [0.5, 0.6) is 0 Å². The van der Waals surface area contributed by atoms with Gasteiger partial charge in [0.1, 0.15) is 23.1 Å². The van der Waals surface area contributed by atoms with Crippen LogP contribution in [0.15, 0.2) is 67.0 Å². The van der Waals surface area contributed by atoms with Crippen molar-refractivity contribution in [2.75, 3.05) is 0 Å². The molecular weight excluding hydrogens is 341 g/mol. The van der Waals surface area contributed by atoms with Crippen LogP contribution >= 0.6 is 0 Å². The molecule has 4 rings (SSSR count). The highest BCUT2D eigenvalue weighted by Crippen LogP contribution is 2.30. The van der Waals surface area contributed by atoms with E-state index < -0.39 is 23.0 Å². The van der Waals surface area contributed by atoms with Gasteiger partial charge in [0, 0.05) is 23.9 Å². The monoisotopic (exact) mass is 352 g/mol. The van der Waals surface area contributed by atoms with Crippen molar-refractivity contribution in [3.05, 3.63) is 84.4 Å². The van der Waals surface area contributed by atoms with E-state index in [1.165, 1.54) is 29.1 Å². The van der Waals surface area contributed by atoms with E-state index in [1.807, 2.05) is 0 Å². The van der Waals surface area contributed by atoms with Crippen LogP contribution in [0.25, 0.3) is 28.2 Å². The molecule has 0 amide bonds. The summed E-state index contributed by atoms with van der Waals surface area (Å²) in [5.41, 5.74) is 0.626. The van der Waals surface area contributed by atoms with Gasteiger partial charge in [0.25, 0.3) is 0 Å². The third-order valence-electron chi connectivity index (χ3n) is 3.86. The molecule has 0 atom stereocenters. The molecule has 0 aliphatic carbocycles. The van der Waals surface area contributed by atoms with Crippen molar-refractivity contribution in [3.8, 4) is 28.2 Å². The number of benzene rings is 2. The van der Waals surface area contributed by atoms with Crippen LogP contribution in [-0.4, -0.2) is 20.0 Å². The molecule has 0 aliphatic rings. The first kappa shape index (κ1) is 16.0. The molecule has 0 bridgehead atoms. The standard InChI is InChI=1S/C19H11F3N4/c20-14-6-2-1-5-13(14)19-15(21)9-12(10-16(19)22)26-11-18(24-25-26)17-7-3-4-8-23-17/h1-11H. The smallest absolute Gasteiger partial charge is 0.136 e. The summed E-state index contributed by atoms with van der Waals surface area (Å²) >= 11 is 0. The van der Waals surface area contributed by atoms with Gasteiger partial charge in [-0.25, -0.2) is 17.9 Å². The summed E-state index contributed by atoms with van der Waals surface area (Å²) in [7, 11) is 0. The maximum Gasteiger partial charge on any atom is 0.136 e. The van der Waals surface area contributed by atoms with Crippen molar-refractivity contribution in [2.24, 2.45) is 0 Å². The van der Waals surface area contributed by atoms with Crippen molar-refractivity contribution in [3.63, 3.8) is 0 Å². The van der Waals surface area contributed by atoms with E-state index in [4.69, 9.17) is 0 Å². The summed E-state index contributed by atoms with van der Waals surface area (Å²) in [6.45, 7) is 0. The average molecular weight is 352 g/mol. The lowest BCUT2D eigenvalue weighted by Crippen LogP contribution is -2.00. The van der Waals surface area contributed by atoms with Crippen molar-refractivity contribution < 1.29 is 13.2 Å². The van der Waals surface area contributed by atoms with Crippen LogP contribution in [-0.2, 0) is 0 Å². The summed E-state index contributed by atoms with van der Waals surface area (Å²) in [6, 6.07) is 12.9. The zero-order valence-corrected chi connectivity index (χ0v) is 13.3. The third kappa shape index (κ3) is 2.83. The summed E-state index contributed by atoms with van der Waals surface area (Å²) < 4.78 is 44.1. The maximum atomic E-state index is 14.5. The Bertz CT molecular complexity index is 1050. The Hall–Kier alpha value is -3.48. The molecule has 2 aromatic carbocycles. The Morgan fingerprint density at radius 3 is 2.19 bits per heavy atom. The molecule has 0 unspecified atom stereocenters. The van der Waals surface area contributed by atoms with Gasteiger partial charge in [-0.3, -0.25) is 4.98 Å².